The minimum absolute atomic E-state index is 0.0902. The minimum Gasteiger partial charge on any atom is -0.347 e. The van der Waals surface area contributed by atoms with E-state index in [1.54, 1.807) is 6.20 Å². The van der Waals surface area contributed by atoms with Crippen molar-refractivity contribution in [2.45, 2.75) is 19.9 Å². The summed E-state index contributed by atoms with van der Waals surface area (Å²) in [7, 11) is 0. The first-order chi connectivity index (χ1) is 7.81. The highest BCUT2D eigenvalue weighted by Gasteiger charge is 2.15. The zero-order chi connectivity index (χ0) is 11.4. The average Bonchev–Trinajstić information content (AvgIpc) is 2.79. The first kappa shape index (κ1) is 10.8. The van der Waals surface area contributed by atoms with Crippen molar-refractivity contribution in [1.29, 1.82) is 0 Å². The van der Waals surface area contributed by atoms with Gasteiger partial charge in [-0.3, -0.25) is 4.98 Å². The molecular weight excluding hydrogens is 200 g/mol. The molecule has 16 heavy (non-hydrogen) atoms. The lowest BCUT2D eigenvalue weighted by Crippen LogP contribution is -2.23. The van der Waals surface area contributed by atoms with Crippen LogP contribution in [0.2, 0.25) is 0 Å². The van der Waals surface area contributed by atoms with Crippen molar-refractivity contribution in [3.63, 3.8) is 0 Å². The predicted molar refractivity (Wildman–Crippen MR) is 63.1 cm³/mol. The summed E-state index contributed by atoms with van der Waals surface area (Å²) < 4.78 is 0. The van der Waals surface area contributed by atoms with Crippen LogP contribution in [0.15, 0.2) is 30.9 Å². The molecule has 1 atom stereocenters. The molecule has 0 aliphatic carbocycles. The van der Waals surface area contributed by atoms with Crippen LogP contribution in [-0.2, 0) is 0 Å². The van der Waals surface area contributed by atoms with E-state index in [0.717, 1.165) is 23.5 Å². The Labute approximate surface area is 95.1 Å². The fourth-order valence-corrected chi connectivity index (χ4v) is 1.75. The van der Waals surface area contributed by atoms with Crippen molar-refractivity contribution in [3.05, 3.63) is 47.8 Å². The number of aromatic nitrogens is 3. The number of hydrogen-bond acceptors (Lipinski definition) is 3. The first-order valence-corrected chi connectivity index (χ1v) is 5.45. The van der Waals surface area contributed by atoms with Crippen molar-refractivity contribution in [3.8, 4) is 0 Å². The van der Waals surface area contributed by atoms with Crippen molar-refractivity contribution < 1.29 is 0 Å². The monoisotopic (exact) mass is 216 g/mol. The van der Waals surface area contributed by atoms with E-state index in [0.29, 0.717) is 0 Å². The van der Waals surface area contributed by atoms with Gasteiger partial charge in [0.05, 0.1) is 6.04 Å². The van der Waals surface area contributed by atoms with E-state index >= 15 is 0 Å². The Morgan fingerprint density at radius 1 is 1.44 bits per heavy atom. The molecule has 0 saturated heterocycles. The van der Waals surface area contributed by atoms with Gasteiger partial charge < -0.3 is 10.3 Å². The van der Waals surface area contributed by atoms with Crippen LogP contribution in [0, 0.1) is 6.92 Å². The van der Waals surface area contributed by atoms with Crippen LogP contribution >= 0.6 is 0 Å². The topological polar surface area (TPSA) is 53.6 Å². The van der Waals surface area contributed by atoms with Crippen LogP contribution in [0.25, 0.3) is 0 Å². The molecule has 0 bridgehead atoms. The Kier molecular flexibility index (Phi) is 3.31. The van der Waals surface area contributed by atoms with E-state index in [9.17, 15) is 0 Å². The van der Waals surface area contributed by atoms with Crippen LogP contribution in [-0.4, -0.2) is 21.5 Å². The number of aryl methyl sites for hydroxylation is 1. The quantitative estimate of drug-likeness (QED) is 0.819. The van der Waals surface area contributed by atoms with Gasteiger partial charge in [-0.2, -0.15) is 0 Å². The molecule has 0 amide bonds. The maximum atomic E-state index is 4.30. The van der Waals surface area contributed by atoms with E-state index in [1.165, 1.54) is 0 Å². The summed E-state index contributed by atoms with van der Waals surface area (Å²) in [5.41, 5.74) is 2.30. The molecule has 2 aromatic rings. The lowest BCUT2D eigenvalue weighted by atomic mass is 10.1. The predicted octanol–water partition coefficient (Wildman–Crippen LogP) is 1.81. The number of nitrogens with zero attached hydrogens (tertiary/aromatic N) is 2. The Hall–Kier alpha value is -1.68. The molecule has 2 heterocycles. The second-order valence-corrected chi connectivity index (χ2v) is 3.76. The normalized spacial score (nSPS) is 12.6. The summed E-state index contributed by atoms with van der Waals surface area (Å²) in [6, 6.07) is 2.22. The van der Waals surface area contributed by atoms with E-state index in [2.05, 4.69) is 33.3 Å². The highest BCUT2D eigenvalue weighted by molar-refractivity contribution is 5.25. The molecule has 2 rings (SSSR count). The molecule has 4 nitrogen and oxygen atoms in total. The number of hydrogen-bond donors (Lipinski definition) is 2. The summed E-state index contributed by atoms with van der Waals surface area (Å²) in [5, 5.41) is 3.39. The van der Waals surface area contributed by atoms with Gasteiger partial charge in [0.25, 0.3) is 0 Å². The number of rotatable bonds is 4. The van der Waals surface area contributed by atoms with Crippen LogP contribution in [0.5, 0.6) is 0 Å². The molecule has 0 radical (unpaired) electrons. The van der Waals surface area contributed by atoms with Gasteiger partial charge in [-0.05, 0) is 24.6 Å². The molecule has 0 aliphatic rings. The van der Waals surface area contributed by atoms with Crippen molar-refractivity contribution in [2.24, 2.45) is 0 Å². The molecule has 1 unspecified atom stereocenters. The van der Waals surface area contributed by atoms with E-state index in [1.807, 2.05) is 25.5 Å². The van der Waals surface area contributed by atoms with Gasteiger partial charge >= 0.3 is 0 Å². The first-order valence-electron chi connectivity index (χ1n) is 5.45. The molecule has 0 aliphatic heterocycles. The van der Waals surface area contributed by atoms with Gasteiger partial charge in [0.15, 0.2) is 0 Å². The molecule has 0 fully saturated rings. The van der Waals surface area contributed by atoms with Crippen LogP contribution in [0.1, 0.15) is 29.9 Å². The third kappa shape index (κ3) is 2.28. The Bertz CT molecular complexity index is 436. The van der Waals surface area contributed by atoms with E-state index in [-0.39, 0.29) is 6.04 Å². The van der Waals surface area contributed by atoms with Crippen LogP contribution in [0.4, 0.5) is 0 Å². The molecule has 0 aromatic carbocycles. The zero-order valence-corrected chi connectivity index (χ0v) is 9.57. The standard InChI is InChI=1S/C12H16N4/c1-3-14-11(12-15-4-5-16-12)10-6-9(2)7-13-8-10/h4-8,11,14H,3H2,1-2H3,(H,15,16). The number of pyridine rings is 1. The van der Waals surface area contributed by atoms with Gasteiger partial charge in [0.2, 0.25) is 0 Å². The zero-order valence-electron chi connectivity index (χ0n) is 9.57. The smallest absolute Gasteiger partial charge is 0.127 e. The highest BCUT2D eigenvalue weighted by atomic mass is 15.0. The third-order valence-electron chi connectivity index (χ3n) is 2.43. The molecule has 0 spiro atoms. The largest absolute Gasteiger partial charge is 0.347 e. The Balaban J connectivity index is 2.33. The van der Waals surface area contributed by atoms with Crippen LogP contribution < -0.4 is 5.32 Å². The lowest BCUT2D eigenvalue weighted by molar-refractivity contribution is 0.601. The van der Waals surface area contributed by atoms with E-state index in [4.69, 9.17) is 0 Å². The van der Waals surface area contributed by atoms with Crippen molar-refractivity contribution >= 4 is 0 Å². The third-order valence-corrected chi connectivity index (χ3v) is 2.43. The number of H-pyrrole nitrogens is 1. The van der Waals surface area contributed by atoms with Gasteiger partial charge in [-0.15, -0.1) is 0 Å². The molecular formula is C12H16N4. The fourth-order valence-electron chi connectivity index (χ4n) is 1.75. The molecule has 4 heteroatoms. The van der Waals surface area contributed by atoms with Gasteiger partial charge in [0, 0.05) is 24.8 Å². The summed E-state index contributed by atoms with van der Waals surface area (Å²) >= 11 is 0. The van der Waals surface area contributed by atoms with Gasteiger partial charge in [-0.1, -0.05) is 13.0 Å². The average molecular weight is 216 g/mol. The number of imidazole rings is 1. The summed E-state index contributed by atoms with van der Waals surface area (Å²) in [6.45, 7) is 5.01. The van der Waals surface area contributed by atoms with Crippen molar-refractivity contribution in [1.82, 2.24) is 20.3 Å². The summed E-state index contributed by atoms with van der Waals surface area (Å²) in [5.74, 6) is 0.925. The minimum atomic E-state index is 0.0902. The summed E-state index contributed by atoms with van der Waals surface area (Å²) in [4.78, 5) is 11.6. The van der Waals surface area contributed by atoms with Crippen molar-refractivity contribution in [2.75, 3.05) is 6.54 Å². The number of aromatic amines is 1. The fraction of sp³-hybridized carbons (Fsp3) is 0.333. The Morgan fingerprint density at radius 3 is 2.94 bits per heavy atom. The maximum Gasteiger partial charge on any atom is 0.127 e. The molecule has 0 saturated carbocycles. The molecule has 84 valence electrons. The van der Waals surface area contributed by atoms with Gasteiger partial charge in [-0.25, -0.2) is 4.98 Å². The Morgan fingerprint density at radius 2 is 2.31 bits per heavy atom. The SMILES string of the molecule is CCNC(c1cncc(C)c1)c1ncc[nH]1. The van der Waals surface area contributed by atoms with E-state index < -0.39 is 0 Å². The number of nitrogens with one attached hydrogen (secondary N) is 2. The molecule has 2 aromatic heterocycles. The lowest BCUT2D eigenvalue weighted by Gasteiger charge is -2.15. The highest BCUT2D eigenvalue weighted by Crippen LogP contribution is 2.18. The van der Waals surface area contributed by atoms with Crippen LogP contribution in [0.3, 0.4) is 0 Å². The van der Waals surface area contributed by atoms with Gasteiger partial charge in [0.1, 0.15) is 5.82 Å². The second kappa shape index (κ2) is 4.90. The second-order valence-electron chi connectivity index (χ2n) is 3.76. The maximum absolute atomic E-state index is 4.30. The summed E-state index contributed by atoms with van der Waals surface area (Å²) in [6.07, 6.45) is 7.34. The molecule has 2 N–H and O–H groups in total.